The molecule has 1 atom stereocenters. The van der Waals surface area contributed by atoms with Crippen LogP contribution in [0.5, 0.6) is 0 Å². The quantitative estimate of drug-likeness (QED) is 0.906. The maximum atomic E-state index is 11.9. The third-order valence-corrected chi connectivity index (χ3v) is 3.82. The van der Waals surface area contributed by atoms with Gasteiger partial charge >= 0.3 is 0 Å². The Morgan fingerprint density at radius 2 is 2.05 bits per heavy atom. The van der Waals surface area contributed by atoms with Gasteiger partial charge < -0.3 is 15.5 Å². The monoisotopic (exact) mass is 287 g/mol. The summed E-state index contributed by atoms with van der Waals surface area (Å²) in [7, 11) is 0. The average molecular weight is 287 g/mol. The zero-order valence-electron chi connectivity index (χ0n) is 11.6. The maximum Gasteiger partial charge on any atom is 0.261 e. The van der Waals surface area contributed by atoms with Crippen LogP contribution in [0.1, 0.15) is 31.2 Å². The Bertz CT molecular complexity index is 595. The molecule has 6 heteroatoms. The normalized spacial score (nSPS) is 21.9. The molecule has 2 N–H and O–H groups in total. The molecule has 0 aromatic heterocycles. The Morgan fingerprint density at radius 3 is 2.67 bits per heavy atom. The van der Waals surface area contributed by atoms with Gasteiger partial charge in [-0.05, 0) is 30.5 Å². The Balaban J connectivity index is 1.73. The summed E-state index contributed by atoms with van der Waals surface area (Å²) in [6, 6.07) is 7.59. The highest BCUT2D eigenvalue weighted by Gasteiger charge is 2.27. The van der Waals surface area contributed by atoms with Gasteiger partial charge in [-0.3, -0.25) is 9.59 Å². The van der Waals surface area contributed by atoms with E-state index < -0.39 is 12.0 Å². The summed E-state index contributed by atoms with van der Waals surface area (Å²) in [4.78, 5) is 29.7. The lowest BCUT2D eigenvalue weighted by atomic mass is 10.0. The van der Waals surface area contributed by atoms with E-state index in [1.165, 1.54) is 0 Å². The summed E-state index contributed by atoms with van der Waals surface area (Å²) in [5.41, 5.74) is 7.68. The number of benzene rings is 1. The molecule has 0 spiro atoms. The minimum absolute atomic E-state index is 0.171. The number of amides is 2. The van der Waals surface area contributed by atoms with Gasteiger partial charge in [-0.1, -0.05) is 17.3 Å². The van der Waals surface area contributed by atoms with E-state index in [9.17, 15) is 9.59 Å². The smallest absolute Gasteiger partial charge is 0.261 e. The van der Waals surface area contributed by atoms with Gasteiger partial charge in [-0.25, -0.2) is 0 Å². The fraction of sp³-hybridized carbons (Fsp3) is 0.400. The standard InChI is InChI=1S/C15H17N3O3/c16-15(20)13-9-12(17-21-13)10-4-6-11(7-5-10)18-8-2-1-3-14(18)19/h4-7,13H,1-3,8-9H2,(H2,16,20). The van der Waals surface area contributed by atoms with Crippen LogP contribution in [-0.2, 0) is 14.4 Å². The molecular formula is C15H17N3O3. The van der Waals surface area contributed by atoms with E-state index >= 15 is 0 Å². The topological polar surface area (TPSA) is 85.0 Å². The summed E-state index contributed by atoms with van der Waals surface area (Å²) >= 11 is 0. The fourth-order valence-electron chi connectivity index (χ4n) is 2.61. The number of hydrogen-bond donors (Lipinski definition) is 1. The van der Waals surface area contributed by atoms with Gasteiger partial charge in [0, 0.05) is 25.1 Å². The number of anilines is 1. The maximum absolute atomic E-state index is 11.9. The largest absolute Gasteiger partial charge is 0.382 e. The Labute approximate surface area is 122 Å². The molecule has 1 aromatic carbocycles. The van der Waals surface area contributed by atoms with Crippen LogP contribution in [0.3, 0.4) is 0 Å². The average Bonchev–Trinajstić information content (AvgIpc) is 2.98. The number of hydrogen-bond acceptors (Lipinski definition) is 4. The van der Waals surface area contributed by atoms with E-state index in [-0.39, 0.29) is 5.91 Å². The van der Waals surface area contributed by atoms with E-state index in [0.29, 0.717) is 18.6 Å². The second-order valence-electron chi connectivity index (χ2n) is 5.29. The zero-order valence-corrected chi connectivity index (χ0v) is 11.6. The van der Waals surface area contributed by atoms with E-state index in [4.69, 9.17) is 10.6 Å². The fourth-order valence-corrected chi connectivity index (χ4v) is 2.61. The van der Waals surface area contributed by atoms with Crippen molar-refractivity contribution in [3.05, 3.63) is 29.8 Å². The lowest BCUT2D eigenvalue weighted by Crippen LogP contribution is -2.35. The molecule has 1 saturated heterocycles. The first-order valence-corrected chi connectivity index (χ1v) is 7.08. The van der Waals surface area contributed by atoms with Crippen molar-refractivity contribution in [2.45, 2.75) is 31.8 Å². The minimum atomic E-state index is -0.677. The molecule has 1 unspecified atom stereocenters. The predicted molar refractivity (Wildman–Crippen MR) is 77.9 cm³/mol. The van der Waals surface area contributed by atoms with Crippen molar-refractivity contribution in [1.29, 1.82) is 0 Å². The first-order valence-electron chi connectivity index (χ1n) is 7.08. The number of carbonyl (C=O) groups excluding carboxylic acids is 2. The second kappa shape index (κ2) is 5.55. The molecule has 0 bridgehead atoms. The molecular weight excluding hydrogens is 270 g/mol. The van der Waals surface area contributed by atoms with Crippen molar-refractivity contribution in [2.75, 3.05) is 11.4 Å². The molecule has 6 nitrogen and oxygen atoms in total. The van der Waals surface area contributed by atoms with E-state index in [1.54, 1.807) is 0 Å². The molecule has 2 heterocycles. The highest BCUT2D eigenvalue weighted by molar-refractivity contribution is 6.04. The van der Waals surface area contributed by atoms with Crippen molar-refractivity contribution < 1.29 is 14.4 Å². The van der Waals surface area contributed by atoms with E-state index in [1.807, 2.05) is 29.2 Å². The summed E-state index contributed by atoms with van der Waals surface area (Å²) in [5.74, 6) is -0.339. The van der Waals surface area contributed by atoms with Crippen LogP contribution in [0, 0.1) is 0 Å². The lowest BCUT2D eigenvalue weighted by Gasteiger charge is -2.26. The Morgan fingerprint density at radius 1 is 1.29 bits per heavy atom. The van der Waals surface area contributed by atoms with Crippen LogP contribution in [0.4, 0.5) is 5.69 Å². The molecule has 2 amide bonds. The Kier molecular flexibility index (Phi) is 3.60. The number of oxime groups is 1. The van der Waals surface area contributed by atoms with E-state index in [0.717, 1.165) is 30.6 Å². The molecule has 21 heavy (non-hydrogen) atoms. The number of piperidine rings is 1. The van der Waals surface area contributed by atoms with Gasteiger partial charge in [-0.2, -0.15) is 0 Å². The first kappa shape index (κ1) is 13.6. The number of primary amides is 1. The van der Waals surface area contributed by atoms with Crippen molar-refractivity contribution in [3.63, 3.8) is 0 Å². The SMILES string of the molecule is NC(=O)C1CC(c2ccc(N3CCCCC3=O)cc2)=NO1. The summed E-state index contributed by atoms with van der Waals surface area (Å²) in [5, 5.41) is 3.90. The third-order valence-electron chi connectivity index (χ3n) is 3.82. The number of nitrogens with zero attached hydrogens (tertiary/aromatic N) is 2. The van der Waals surface area contributed by atoms with Gasteiger partial charge in [0.05, 0.1) is 5.71 Å². The summed E-state index contributed by atoms with van der Waals surface area (Å²) in [6.07, 6.45) is 2.33. The summed E-state index contributed by atoms with van der Waals surface area (Å²) in [6.45, 7) is 0.770. The first-order chi connectivity index (χ1) is 10.1. The molecule has 0 radical (unpaired) electrons. The van der Waals surface area contributed by atoms with Gasteiger partial charge in [0.1, 0.15) is 0 Å². The molecule has 1 fully saturated rings. The molecule has 0 saturated carbocycles. The lowest BCUT2D eigenvalue weighted by molar-refractivity contribution is -0.127. The molecule has 110 valence electrons. The van der Waals surface area contributed by atoms with Crippen molar-refractivity contribution in [1.82, 2.24) is 0 Å². The number of rotatable bonds is 3. The van der Waals surface area contributed by atoms with Crippen LogP contribution < -0.4 is 10.6 Å². The molecule has 2 aliphatic heterocycles. The van der Waals surface area contributed by atoms with Gasteiger partial charge in [0.15, 0.2) is 0 Å². The van der Waals surface area contributed by atoms with Gasteiger partial charge in [0.2, 0.25) is 12.0 Å². The predicted octanol–water partition coefficient (Wildman–Crippen LogP) is 1.18. The van der Waals surface area contributed by atoms with Crippen LogP contribution >= 0.6 is 0 Å². The van der Waals surface area contributed by atoms with Crippen LogP contribution in [0.25, 0.3) is 0 Å². The zero-order chi connectivity index (χ0) is 14.8. The highest BCUT2D eigenvalue weighted by atomic mass is 16.6. The van der Waals surface area contributed by atoms with Crippen LogP contribution in [0.15, 0.2) is 29.4 Å². The van der Waals surface area contributed by atoms with Crippen molar-refractivity contribution in [3.8, 4) is 0 Å². The molecule has 2 aliphatic rings. The molecule has 3 rings (SSSR count). The Hall–Kier alpha value is -2.37. The highest BCUT2D eigenvalue weighted by Crippen LogP contribution is 2.23. The molecule has 0 aliphatic carbocycles. The van der Waals surface area contributed by atoms with E-state index in [2.05, 4.69) is 5.16 Å². The second-order valence-corrected chi connectivity index (χ2v) is 5.29. The molecule has 1 aromatic rings. The van der Waals surface area contributed by atoms with Gasteiger partial charge in [-0.15, -0.1) is 0 Å². The van der Waals surface area contributed by atoms with Crippen molar-refractivity contribution in [2.24, 2.45) is 10.9 Å². The number of nitrogens with two attached hydrogens (primary N) is 1. The van der Waals surface area contributed by atoms with Gasteiger partial charge in [0.25, 0.3) is 5.91 Å². The van der Waals surface area contributed by atoms with Crippen LogP contribution in [-0.4, -0.2) is 30.2 Å². The summed E-state index contributed by atoms with van der Waals surface area (Å²) < 4.78 is 0. The van der Waals surface area contributed by atoms with Crippen molar-refractivity contribution >= 4 is 23.2 Å². The third kappa shape index (κ3) is 2.74. The van der Waals surface area contributed by atoms with Crippen LogP contribution in [0.2, 0.25) is 0 Å². The number of carbonyl (C=O) groups is 2. The minimum Gasteiger partial charge on any atom is -0.382 e.